The molecule has 1 atom stereocenters. The van der Waals surface area contributed by atoms with Crippen molar-refractivity contribution in [3.05, 3.63) is 34.1 Å². The monoisotopic (exact) mass is 385 g/mol. The van der Waals surface area contributed by atoms with E-state index in [1.807, 2.05) is 19.1 Å². The molecule has 4 nitrogen and oxygen atoms in total. The van der Waals surface area contributed by atoms with Crippen LogP contribution in [-0.4, -0.2) is 54.5 Å². The van der Waals surface area contributed by atoms with Gasteiger partial charge in [0.05, 0.1) is 6.54 Å². The van der Waals surface area contributed by atoms with Gasteiger partial charge in [0.1, 0.15) is 5.82 Å². The van der Waals surface area contributed by atoms with Crippen LogP contribution in [0.15, 0.2) is 22.7 Å². The third-order valence-corrected chi connectivity index (χ3v) is 4.75. The Morgan fingerprint density at radius 2 is 1.96 bits per heavy atom. The predicted octanol–water partition coefficient (Wildman–Crippen LogP) is 2.62. The molecule has 0 aromatic heterocycles. The van der Waals surface area contributed by atoms with Crippen LogP contribution >= 0.6 is 15.9 Å². The average Bonchev–Trinajstić information content (AvgIpc) is 2.51. The highest BCUT2D eigenvalue weighted by Gasteiger charge is 2.20. The SMILES string of the molecule is CC[C@H](C)NC(=O)CN1CCN(Cc2ccc(Br)cc2F)CC1. The van der Waals surface area contributed by atoms with Crippen LogP contribution in [-0.2, 0) is 11.3 Å². The molecule has 1 aromatic carbocycles. The quantitative estimate of drug-likeness (QED) is 0.817. The van der Waals surface area contributed by atoms with E-state index in [0.717, 1.165) is 42.6 Å². The molecule has 1 amide bonds. The molecular weight excluding hydrogens is 361 g/mol. The molecule has 0 spiro atoms. The third-order valence-electron chi connectivity index (χ3n) is 4.26. The maximum Gasteiger partial charge on any atom is 0.234 e. The lowest BCUT2D eigenvalue weighted by atomic mass is 10.2. The molecule has 1 aliphatic heterocycles. The number of carbonyl (C=O) groups is 1. The number of piperazine rings is 1. The molecule has 23 heavy (non-hydrogen) atoms. The number of hydrogen-bond acceptors (Lipinski definition) is 3. The number of nitrogens with zero attached hydrogens (tertiary/aromatic N) is 2. The van der Waals surface area contributed by atoms with Gasteiger partial charge in [-0.25, -0.2) is 4.39 Å². The van der Waals surface area contributed by atoms with Gasteiger partial charge in [-0.05, 0) is 25.5 Å². The second kappa shape index (κ2) is 8.76. The fourth-order valence-electron chi connectivity index (χ4n) is 2.62. The van der Waals surface area contributed by atoms with Gasteiger partial charge in [0, 0.05) is 48.8 Å². The molecule has 0 bridgehead atoms. The summed E-state index contributed by atoms with van der Waals surface area (Å²) in [6.45, 7) is 8.53. The van der Waals surface area contributed by atoms with Crippen molar-refractivity contribution in [3.63, 3.8) is 0 Å². The van der Waals surface area contributed by atoms with Crippen molar-refractivity contribution in [2.75, 3.05) is 32.7 Å². The van der Waals surface area contributed by atoms with Crippen molar-refractivity contribution in [1.29, 1.82) is 0 Å². The lowest BCUT2D eigenvalue weighted by Crippen LogP contribution is -2.49. The minimum atomic E-state index is -0.172. The zero-order valence-electron chi connectivity index (χ0n) is 13.8. The first-order chi connectivity index (χ1) is 11.0. The first-order valence-corrected chi connectivity index (χ1v) is 8.95. The summed E-state index contributed by atoms with van der Waals surface area (Å²) in [5.74, 6) is -0.0820. The maximum absolute atomic E-state index is 13.9. The van der Waals surface area contributed by atoms with Crippen molar-refractivity contribution < 1.29 is 9.18 Å². The zero-order chi connectivity index (χ0) is 16.8. The topological polar surface area (TPSA) is 35.6 Å². The molecule has 1 heterocycles. The van der Waals surface area contributed by atoms with E-state index < -0.39 is 0 Å². The lowest BCUT2D eigenvalue weighted by molar-refractivity contribution is -0.123. The molecule has 2 rings (SSSR count). The Morgan fingerprint density at radius 1 is 1.30 bits per heavy atom. The normalized spacial score (nSPS) is 17.9. The van der Waals surface area contributed by atoms with Gasteiger partial charge in [0.25, 0.3) is 0 Å². The fourth-order valence-corrected chi connectivity index (χ4v) is 2.96. The molecule has 128 valence electrons. The Labute approximate surface area is 146 Å². The Morgan fingerprint density at radius 3 is 2.57 bits per heavy atom. The van der Waals surface area contributed by atoms with E-state index >= 15 is 0 Å². The van der Waals surface area contributed by atoms with Crippen LogP contribution in [0.2, 0.25) is 0 Å². The Bertz CT molecular complexity index is 533. The molecule has 0 radical (unpaired) electrons. The number of amides is 1. The van der Waals surface area contributed by atoms with Crippen molar-refractivity contribution in [1.82, 2.24) is 15.1 Å². The van der Waals surface area contributed by atoms with Crippen LogP contribution in [0.25, 0.3) is 0 Å². The van der Waals surface area contributed by atoms with Crippen molar-refractivity contribution in [3.8, 4) is 0 Å². The van der Waals surface area contributed by atoms with Crippen LogP contribution in [0.3, 0.4) is 0 Å². The Hall–Kier alpha value is -0.980. The number of carbonyl (C=O) groups excluding carboxylic acids is 1. The Balaban J connectivity index is 1.76. The maximum atomic E-state index is 13.9. The minimum absolute atomic E-state index is 0.0896. The largest absolute Gasteiger partial charge is 0.353 e. The first kappa shape index (κ1) is 18.4. The average molecular weight is 386 g/mol. The highest BCUT2D eigenvalue weighted by Crippen LogP contribution is 2.17. The summed E-state index contributed by atoms with van der Waals surface area (Å²) in [7, 11) is 0. The molecule has 0 unspecified atom stereocenters. The predicted molar refractivity (Wildman–Crippen MR) is 93.7 cm³/mol. The van der Waals surface area contributed by atoms with E-state index in [0.29, 0.717) is 13.1 Å². The Kier molecular flexibility index (Phi) is 6.99. The second-order valence-electron chi connectivity index (χ2n) is 6.16. The summed E-state index contributed by atoms with van der Waals surface area (Å²) in [5.41, 5.74) is 0.719. The number of rotatable bonds is 6. The van der Waals surface area contributed by atoms with Crippen molar-refractivity contribution in [2.24, 2.45) is 0 Å². The number of nitrogens with one attached hydrogen (secondary N) is 1. The number of halogens is 2. The molecular formula is C17H25BrFN3O. The minimum Gasteiger partial charge on any atom is -0.353 e. The highest BCUT2D eigenvalue weighted by molar-refractivity contribution is 9.10. The standard InChI is InChI=1S/C17H25BrFN3O/c1-3-13(2)20-17(23)12-22-8-6-21(7-9-22)11-14-4-5-15(18)10-16(14)19/h4-5,10,13H,3,6-9,11-12H2,1-2H3,(H,20,23)/t13-/m0/s1. The molecule has 1 fully saturated rings. The number of hydrogen-bond donors (Lipinski definition) is 1. The summed E-state index contributed by atoms with van der Waals surface area (Å²) < 4.78 is 14.6. The first-order valence-electron chi connectivity index (χ1n) is 8.16. The van der Waals surface area contributed by atoms with Gasteiger partial charge in [-0.2, -0.15) is 0 Å². The van der Waals surface area contributed by atoms with E-state index in [1.54, 1.807) is 0 Å². The molecule has 1 N–H and O–H groups in total. The summed E-state index contributed by atoms with van der Waals surface area (Å²) in [6.07, 6.45) is 0.943. The molecule has 6 heteroatoms. The second-order valence-corrected chi connectivity index (χ2v) is 7.08. The van der Waals surface area contributed by atoms with E-state index in [9.17, 15) is 9.18 Å². The van der Waals surface area contributed by atoms with Crippen LogP contribution in [0.1, 0.15) is 25.8 Å². The smallest absolute Gasteiger partial charge is 0.234 e. The van der Waals surface area contributed by atoms with Crippen LogP contribution in [0.4, 0.5) is 4.39 Å². The molecule has 1 aromatic rings. The highest BCUT2D eigenvalue weighted by atomic mass is 79.9. The van der Waals surface area contributed by atoms with Gasteiger partial charge in [-0.3, -0.25) is 14.6 Å². The molecule has 1 aliphatic rings. The van der Waals surface area contributed by atoms with Crippen LogP contribution < -0.4 is 5.32 Å². The summed E-state index contributed by atoms with van der Waals surface area (Å²) in [4.78, 5) is 16.3. The molecule has 1 saturated heterocycles. The van der Waals surface area contributed by atoms with Crippen molar-refractivity contribution >= 4 is 21.8 Å². The summed E-state index contributed by atoms with van der Waals surface area (Å²) in [6, 6.07) is 5.42. The van der Waals surface area contributed by atoms with Gasteiger partial charge in [-0.1, -0.05) is 28.9 Å². The molecule has 0 saturated carbocycles. The van der Waals surface area contributed by atoms with E-state index in [4.69, 9.17) is 0 Å². The van der Waals surface area contributed by atoms with Gasteiger partial charge in [0.2, 0.25) is 5.91 Å². The molecule has 0 aliphatic carbocycles. The van der Waals surface area contributed by atoms with E-state index in [1.165, 1.54) is 6.07 Å². The van der Waals surface area contributed by atoms with Gasteiger partial charge < -0.3 is 5.32 Å². The van der Waals surface area contributed by atoms with E-state index in [-0.39, 0.29) is 17.8 Å². The van der Waals surface area contributed by atoms with E-state index in [2.05, 4.69) is 38.0 Å². The summed E-state index contributed by atoms with van der Waals surface area (Å²) >= 11 is 3.28. The fraction of sp³-hybridized carbons (Fsp3) is 0.588. The van der Waals surface area contributed by atoms with Gasteiger partial charge in [-0.15, -0.1) is 0 Å². The lowest BCUT2D eigenvalue weighted by Gasteiger charge is -2.34. The van der Waals surface area contributed by atoms with Crippen LogP contribution in [0.5, 0.6) is 0 Å². The summed E-state index contributed by atoms with van der Waals surface area (Å²) in [5, 5.41) is 2.99. The van der Waals surface area contributed by atoms with Gasteiger partial charge in [0.15, 0.2) is 0 Å². The zero-order valence-corrected chi connectivity index (χ0v) is 15.4. The van der Waals surface area contributed by atoms with Crippen LogP contribution in [0, 0.1) is 5.82 Å². The van der Waals surface area contributed by atoms with Crippen molar-refractivity contribution in [2.45, 2.75) is 32.9 Å². The third kappa shape index (κ3) is 5.86. The van der Waals surface area contributed by atoms with Gasteiger partial charge >= 0.3 is 0 Å². The number of benzene rings is 1.